The normalized spacial score (nSPS) is 14.1. The molecular formula is C25H18Cl2N2O8. The molecule has 1 aliphatic heterocycles. The van der Waals surface area contributed by atoms with Crippen molar-refractivity contribution in [2.75, 3.05) is 14.2 Å². The number of carbonyl (C=O) groups excluding carboxylic acids is 4. The number of imide groups is 1. The first kappa shape index (κ1) is 25.8. The number of rotatable bonds is 7. The zero-order valence-corrected chi connectivity index (χ0v) is 20.9. The van der Waals surface area contributed by atoms with Crippen molar-refractivity contribution < 1.29 is 37.8 Å². The van der Waals surface area contributed by atoms with E-state index in [0.29, 0.717) is 10.6 Å². The first-order valence-corrected chi connectivity index (χ1v) is 11.3. The predicted octanol–water partition coefficient (Wildman–Crippen LogP) is 4.69. The van der Waals surface area contributed by atoms with Gasteiger partial charge in [-0.1, -0.05) is 29.3 Å². The Balaban J connectivity index is 1.50. The molecule has 4 rings (SSSR count). The van der Waals surface area contributed by atoms with Gasteiger partial charge in [0.1, 0.15) is 11.5 Å². The van der Waals surface area contributed by atoms with Crippen molar-refractivity contribution in [2.24, 2.45) is 0 Å². The summed E-state index contributed by atoms with van der Waals surface area (Å²) >= 11 is 11.9. The molecule has 1 saturated heterocycles. The third kappa shape index (κ3) is 5.60. The summed E-state index contributed by atoms with van der Waals surface area (Å²) in [5, 5.41) is 3.00. The summed E-state index contributed by atoms with van der Waals surface area (Å²) in [6.45, 7) is -0.190. The molecular weight excluding hydrogens is 527 g/mol. The highest BCUT2D eigenvalue weighted by Crippen LogP contribution is 2.31. The van der Waals surface area contributed by atoms with E-state index in [1.54, 1.807) is 6.07 Å². The van der Waals surface area contributed by atoms with Crippen molar-refractivity contribution in [3.63, 3.8) is 0 Å². The molecule has 1 fully saturated rings. The molecule has 10 nitrogen and oxygen atoms in total. The lowest BCUT2D eigenvalue weighted by Gasteiger charge is -2.11. The second-order valence-electron chi connectivity index (χ2n) is 7.56. The molecule has 0 bridgehead atoms. The number of furan rings is 1. The quantitative estimate of drug-likeness (QED) is 0.196. The molecule has 190 valence electrons. The van der Waals surface area contributed by atoms with Crippen LogP contribution in [-0.2, 0) is 16.1 Å². The summed E-state index contributed by atoms with van der Waals surface area (Å²) in [5.74, 6) is -1.51. The molecule has 2 aromatic carbocycles. The van der Waals surface area contributed by atoms with Crippen LogP contribution < -0.4 is 14.8 Å². The maximum absolute atomic E-state index is 12.8. The molecule has 0 unspecified atom stereocenters. The van der Waals surface area contributed by atoms with E-state index in [0.717, 1.165) is 4.90 Å². The molecule has 0 spiro atoms. The summed E-state index contributed by atoms with van der Waals surface area (Å²) in [5.41, 5.74) is 0.607. The number of ether oxygens (including phenoxy) is 3. The van der Waals surface area contributed by atoms with Crippen molar-refractivity contribution in [3.05, 3.63) is 86.9 Å². The average Bonchev–Trinajstić information content (AvgIpc) is 3.44. The Hall–Kier alpha value is -4.28. The van der Waals surface area contributed by atoms with Gasteiger partial charge in [0, 0.05) is 5.02 Å². The number of carbonyl (C=O) groups is 4. The van der Waals surface area contributed by atoms with Crippen LogP contribution in [0.15, 0.2) is 58.6 Å². The molecule has 3 aromatic rings. The van der Waals surface area contributed by atoms with Crippen molar-refractivity contribution in [1.82, 2.24) is 10.2 Å². The molecule has 0 radical (unpaired) electrons. The van der Waals surface area contributed by atoms with Gasteiger partial charge in [-0.2, -0.15) is 0 Å². The van der Waals surface area contributed by atoms with Gasteiger partial charge in [0.15, 0.2) is 11.5 Å². The van der Waals surface area contributed by atoms with Crippen LogP contribution in [0.2, 0.25) is 10.0 Å². The minimum Gasteiger partial charge on any atom is -0.493 e. The molecule has 37 heavy (non-hydrogen) atoms. The van der Waals surface area contributed by atoms with Gasteiger partial charge < -0.3 is 23.9 Å². The van der Waals surface area contributed by atoms with Crippen LogP contribution in [0.5, 0.6) is 11.5 Å². The number of nitrogens with zero attached hydrogens (tertiary/aromatic N) is 1. The molecule has 1 aliphatic rings. The Morgan fingerprint density at radius 1 is 1.00 bits per heavy atom. The number of esters is 2. The molecule has 0 aliphatic carbocycles. The van der Waals surface area contributed by atoms with Gasteiger partial charge >= 0.3 is 18.0 Å². The van der Waals surface area contributed by atoms with E-state index in [-0.39, 0.29) is 45.8 Å². The van der Waals surface area contributed by atoms with Crippen molar-refractivity contribution >= 4 is 53.2 Å². The van der Waals surface area contributed by atoms with Crippen LogP contribution in [0, 0.1) is 0 Å². The van der Waals surface area contributed by atoms with Gasteiger partial charge in [0.2, 0.25) is 5.76 Å². The van der Waals surface area contributed by atoms with E-state index < -0.39 is 23.9 Å². The van der Waals surface area contributed by atoms with E-state index in [2.05, 4.69) is 10.1 Å². The van der Waals surface area contributed by atoms with Crippen LogP contribution in [0.25, 0.3) is 6.08 Å². The summed E-state index contributed by atoms with van der Waals surface area (Å²) in [7, 11) is 2.59. The van der Waals surface area contributed by atoms with Crippen LogP contribution in [0.4, 0.5) is 4.79 Å². The van der Waals surface area contributed by atoms with Crippen LogP contribution in [0.1, 0.15) is 32.2 Å². The number of hydrogen-bond acceptors (Lipinski definition) is 8. The third-order valence-electron chi connectivity index (χ3n) is 5.18. The SMILES string of the molecule is COC(=O)c1ccc(CN2C(=O)N/C(=C\c3ccc(OC(=O)c4ccc(Cl)cc4Cl)c(OC)c3)C2=O)o1. The number of nitrogens with one attached hydrogen (secondary N) is 1. The van der Waals surface area contributed by atoms with Gasteiger partial charge in [-0.15, -0.1) is 0 Å². The van der Waals surface area contributed by atoms with Crippen LogP contribution in [0.3, 0.4) is 0 Å². The average molecular weight is 545 g/mol. The van der Waals surface area contributed by atoms with Crippen LogP contribution >= 0.6 is 23.2 Å². The fourth-order valence-corrected chi connectivity index (χ4v) is 3.86. The fourth-order valence-electron chi connectivity index (χ4n) is 3.38. The highest BCUT2D eigenvalue weighted by molar-refractivity contribution is 6.36. The highest BCUT2D eigenvalue weighted by Gasteiger charge is 2.34. The lowest BCUT2D eigenvalue weighted by molar-refractivity contribution is -0.123. The Morgan fingerprint density at radius 3 is 2.49 bits per heavy atom. The maximum Gasteiger partial charge on any atom is 0.373 e. The maximum atomic E-state index is 12.8. The van der Waals surface area contributed by atoms with E-state index in [9.17, 15) is 19.2 Å². The standard InChI is InChI=1S/C25H18Cl2N2O8/c1-34-21-10-13(3-7-19(21)37-23(31)16-6-4-14(26)11-17(16)27)9-18-22(30)29(25(33)28-18)12-15-5-8-20(36-15)24(32)35-2/h3-11H,12H2,1-2H3,(H,28,33)/b18-9-. The van der Waals surface area contributed by atoms with E-state index >= 15 is 0 Å². The molecule has 2 heterocycles. The largest absolute Gasteiger partial charge is 0.493 e. The molecule has 1 N–H and O–H groups in total. The summed E-state index contributed by atoms with van der Waals surface area (Å²) in [6, 6.07) is 11.1. The topological polar surface area (TPSA) is 124 Å². The summed E-state index contributed by atoms with van der Waals surface area (Å²) in [4.78, 5) is 50.2. The number of methoxy groups -OCH3 is 2. The molecule has 3 amide bonds. The van der Waals surface area contributed by atoms with Crippen molar-refractivity contribution in [3.8, 4) is 11.5 Å². The highest BCUT2D eigenvalue weighted by atomic mass is 35.5. The second kappa shape index (κ2) is 10.8. The molecule has 1 aromatic heterocycles. The lowest BCUT2D eigenvalue weighted by atomic mass is 10.1. The Bertz CT molecular complexity index is 1450. The lowest BCUT2D eigenvalue weighted by Crippen LogP contribution is -2.30. The van der Waals surface area contributed by atoms with E-state index in [4.69, 9.17) is 37.1 Å². The second-order valence-corrected chi connectivity index (χ2v) is 8.40. The van der Waals surface area contributed by atoms with Gasteiger partial charge in [-0.05, 0) is 54.1 Å². The molecule has 0 saturated carbocycles. The van der Waals surface area contributed by atoms with Gasteiger partial charge in [-0.25, -0.2) is 14.4 Å². The number of amides is 3. The predicted molar refractivity (Wildman–Crippen MR) is 132 cm³/mol. The number of benzene rings is 2. The summed E-state index contributed by atoms with van der Waals surface area (Å²) < 4.78 is 20.6. The summed E-state index contributed by atoms with van der Waals surface area (Å²) in [6.07, 6.45) is 1.44. The molecule has 12 heteroatoms. The number of urea groups is 1. The number of hydrogen-bond donors (Lipinski definition) is 1. The van der Waals surface area contributed by atoms with Gasteiger partial charge in [0.05, 0.1) is 31.4 Å². The van der Waals surface area contributed by atoms with Crippen molar-refractivity contribution in [2.45, 2.75) is 6.54 Å². The Morgan fingerprint density at radius 2 is 1.78 bits per heavy atom. The zero-order valence-electron chi connectivity index (χ0n) is 19.4. The third-order valence-corrected chi connectivity index (χ3v) is 5.72. The fraction of sp³-hybridized carbons (Fsp3) is 0.120. The van der Waals surface area contributed by atoms with Crippen molar-refractivity contribution in [1.29, 1.82) is 0 Å². The molecule has 0 atom stereocenters. The van der Waals surface area contributed by atoms with Gasteiger partial charge in [-0.3, -0.25) is 9.69 Å². The smallest absolute Gasteiger partial charge is 0.373 e. The minimum absolute atomic E-state index is 0.00416. The zero-order chi connectivity index (χ0) is 26.7. The Kier molecular flexibility index (Phi) is 7.51. The Labute approximate surface area is 220 Å². The van der Waals surface area contributed by atoms with E-state index in [1.807, 2.05) is 0 Å². The minimum atomic E-state index is -0.715. The first-order chi connectivity index (χ1) is 17.7. The first-order valence-electron chi connectivity index (χ1n) is 10.6. The number of halogens is 2. The van der Waals surface area contributed by atoms with Gasteiger partial charge in [0.25, 0.3) is 5.91 Å². The monoisotopic (exact) mass is 544 g/mol. The van der Waals surface area contributed by atoms with Crippen LogP contribution in [-0.4, -0.2) is 43.0 Å². The van der Waals surface area contributed by atoms with E-state index in [1.165, 1.54) is 62.8 Å².